The first-order chi connectivity index (χ1) is 9.21. The van der Waals surface area contributed by atoms with Gasteiger partial charge in [-0.25, -0.2) is 17.9 Å². The minimum absolute atomic E-state index is 0.0754. The molecule has 0 aromatic heterocycles. The predicted octanol–water partition coefficient (Wildman–Crippen LogP) is 1.26. The van der Waals surface area contributed by atoms with Crippen LogP contribution in [0.2, 0.25) is 0 Å². The Balaban J connectivity index is 2.44. The Morgan fingerprint density at radius 3 is 2.50 bits per heavy atom. The van der Waals surface area contributed by atoms with Crippen LogP contribution in [-0.4, -0.2) is 36.7 Å². The molecule has 0 bridgehead atoms. The molecule has 3 N–H and O–H groups in total. The molecule has 1 aliphatic carbocycles. The Morgan fingerprint density at radius 2 is 2.05 bits per heavy atom. The van der Waals surface area contributed by atoms with Gasteiger partial charge in [-0.15, -0.1) is 0 Å². The lowest BCUT2D eigenvalue weighted by molar-refractivity contribution is 0.0695. The normalized spacial score (nSPS) is 16.9. The van der Waals surface area contributed by atoms with E-state index in [1.165, 1.54) is 6.07 Å². The molecule has 1 aromatic rings. The van der Waals surface area contributed by atoms with Crippen molar-refractivity contribution in [1.29, 1.82) is 0 Å². The summed E-state index contributed by atoms with van der Waals surface area (Å²) in [5.74, 6) is -1.19. The minimum Gasteiger partial charge on any atom is -0.478 e. The summed E-state index contributed by atoms with van der Waals surface area (Å²) in [4.78, 5) is 11.0. The molecular formula is C12H14BrNO5S. The molecule has 0 unspecified atom stereocenters. The molecule has 1 fully saturated rings. The minimum atomic E-state index is -3.87. The van der Waals surface area contributed by atoms with Crippen molar-refractivity contribution < 1.29 is 23.4 Å². The number of carbonyl (C=O) groups is 1. The summed E-state index contributed by atoms with van der Waals surface area (Å²) < 4.78 is 27.3. The molecule has 8 heteroatoms. The predicted molar refractivity (Wildman–Crippen MR) is 75.2 cm³/mol. The second-order valence-electron chi connectivity index (χ2n) is 4.93. The number of aromatic carboxylic acids is 1. The van der Waals surface area contributed by atoms with E-state index in [1.54, 1.807) is 6.92 Å². The second kappa shape index (κ2) is 5.10. The van der Waals surface area contributed by atoms with Crippen molar-refractivity contribution >= 4 is 31.9 Å². The summed E-state index contributed by atoms with van der Waals surface area (Å²) in [6, 6.07) is 2.48. The fraction of sp³-hybridized carbons (Fsp3) is 0.417. The highest BCUT2D eigenvalue weighted by atomic mass is 79.9. The molecule has 0 amide bonds. The van der Waals surface area contributed by atoms with Crippen molar-refractivity contribution in [2.75, 3.05) is 6.61 Å². The Labute approximate surface area is 125 Å². The van der Waals surface area contributed by atoms with Gasteiger partial charge in [-0.2, -0.15) is 0 Å². The maximum absolute atomic E-state index is 12.2. The van der Waals surface area contributed by atoms with Crippen LogP contribution in [0.15, 0.2) is 21.5 Å². The summed E-state index contributed by atoms with van der Waals surface area (Å²) in [5.41, 5.74) is -0.409. The third kappa shape index (κ3) is 2.88. The van der Waals surface area contributed by atoms with Gasteiger partial charge >= 0.3 is 5.97 Å². The van der Waals surface area contributed by atoms with E-state index < -0.39 is 21.5 Å². The topological polar surface area (TPSA) is 104 Å². The van der Waals surface area contributed by atoms with Crippen LogP contribution in [0.5, 0.6) is 0 Å². The first-order valence-corrected chi connectivity index (χ1v) is 8.17. The summed E-state index contributed by atoms with van der Waals surface area (Å²) >= 11 is 3.17. The van der Waals surface area contributed by atoms with Gasteiger partial charge in [-0.3, -0.25) is 0 Å². The van der Waals surface area contributed by atoms with E-state index in [1.807, 2.05) is 0 Å². The van der Waals surface area contributed by atoms with E-state index in [0.717, 1.165) is 6.07 Å². The smallest absolute Gasteiger partial charge is 0.336 e. The molecule has 0 heterocycles. The molecule has 20 heavy (non-hydrogen) atoms. The van der Waals surface area contributed by atoms with Gasteiger partial charge in [-0.05, 0) is 37.5 Å². The van der Waals surface area contributed by atoms with Gasteiger partial charge in [0.2, 0.25) is 10.0 Å². The standard InChI is InChI=1S/C12H14BrNO5S/c1-7-9(11(16)17)4-8(5-10(7)13)20(18,19)14-12(6-15)2-3-12/h4-5,14-15H,2-3,6H2,1H3,(H,16,17). The molecule has 110 valence electrons. The maximum Gasteiger partial charge on any atom is 0.336 e. The Morgan fingerprint density at radius 1 is 1.45 bits per heavy atom. The number of hydrogen-bond donors (Lipinski definition) is 3. The van der Waals surface area contributed by atoms with Gasteiger partial charge in [-0.1, -0.05) is 15.9 Å². The highest BCUT2D eigenvalue weighted by molar-refractivity contribution is 9.10. The molecule has 1 aliphatic rings. The number of carboxylic acid groups (broad SMARTS) is 1. The van der Waals surface area contributed by atoms with Crippen LogP contribution in [0.4, 0.5) is 0 Å². The third-order valence-electron chi connectivity index (χ3n) is 3.37. The van der Waals surface area contributed by atoms with Crippen LogP contribution in [0, 0.1) is 6.92 Å². The van der Waals surface area contributed by atoms with E-state index in [-0.39, 0.29) is 17.1 Å². The highest BCUT2D eigenvalue weighted by Crippen LogP contribution is 2.36. The van der Waals surface area contributed by atoms with Crippen molar-refractivity contribution in [3.8, 4) is 0 Å². The van der Waals surface area contributed by atoms with Gasteiger partial charge in [0.05, 0.1) is 22.6 Å². The zero-order chi connectivity index (χ0) is 15.1. The van der Waals surface area contributed by atoms with E-state index in [2.05, 4.69) is 20.7 Å². The molecule has 0 aliphatic heterocycles. The third-order valence-corrected chi connectivity index (χ3v) is 5.75. The second-order valence-corrected chi connectivity index (χ2v) is 7.46. The first-order valence-electron chi connectivity index (χ1n) is 5.89. The van der Waals surface area contributed by atoms with E-state index >= 15 is 0 Å². The molecule has 1 aromatic carbocycles. The Bertz CT molecular complexity index is 667. The van der Waals surface area contributed by atoms with Crippen LogP contribution in [0.25, 0.3) is 0 Å². The van der Waals surface area contributed by atoms with Gasteiger partial charge in [0.1, 0.15) is 0 Å². The monoisotopic (exact) mass is 363 g/mol. The number of aliphatic hydroxyl groups excluding tert-OH is 1. The lowest BCUT2D eigenvalue weighted by Gasteiger charge is -2.16. The van der Waals surface area contributed by atoms with E-state index in [4.69, 9.17) is 5.11 Å². The number of carboxylic acids is 1. The average Bonchev–Trinajstić information content (AvgIpc) is 3.11. The summed E-state index contributed by atoms with van der Waals surface area (Å²) in [5, 5.41) is 18.3. The van der Waals surface area contributed by atoms with Gasteiger partial charge < -0.3 is 10.2 Å². The van der Waals surface area contributed by atoms with Crippen molar-refractivity contribution in [3.63, 3.8) is 0 Å². The zero-order valence-electron chi connectivity index (χ0n) is 10.7. The Hall–Kier alpha value is -0.960. The van der Waals surface area contributed by atoms with Crippen LogP contribution >= 0.6 is 15.9 Å². The highest BCUT2D eigenvalue weighted by Gasteiger charge is 2.45. The van der Waals surface area contributed by atoms with Crippen LogP contribution in [0.3, 0.4) is 0 Å². The van der Waals surface area contributed by atoms with E-state index in [9.17, 15) is 18.3 Å². The first kappa shape index (κ1) is 15.4. The molecule has 0 radical (unpaired) electrons. The molecule has 2 rings (SSSR count). The van der Waals surface area contributed by atoms with Crippen molar-refractivity contribution in [3.05, 3.63) is 27.7 Å². The molecule has 1 saturated carbocycles. The fourth-order valence-corrected chi connectivity index (χ4v) is 3.93. The van der Waals surface area contributed by atoms with Gasteiger partial charge in [0, 0.05) is 4.47 Å². The number of nitrogens with one attached hydrogen (secondary N) is 1. The lowest BCUT2D eigenvalue weighted by Crippen LogP contribution is -2.39. The molecule has 0 atom stereocenters. The summed E-state index contributed by atoms with van der Waals surface area (Å²) in [7, 11) is -3.87. The number of benzene rings is 1. The van der Waals surface area contributed by atoms with Crippen molar-refractivity contribution in [2.24, 2.45) is 0 Å². The van der Waals surface area contributed by atoms with Crippen LogP contribution < -0.4 is 4.72 Å². The average molecular weight is 364 g/mol. The van der Waals surface area contributed by atoms with E-state index in [0.29, 0.717) is 22.9 Å². The van der Waals surface area contributed by atoms with Crippen LogP contribution in [0.1, 0.15) is 28.8 Å². The molecule has 0 saturated heterocycles. The van der Waals surface area contributed by atoms with Gasteiger partial charge in [0.15, 0.2) is 0 Å². The van der Waals surface area contributed by atoms with Gasteiger partial charge in [0.25, 0.3) is 0 Å². The van der Waals surface area contributed by atoms with Crippen molar-refractivity contribution in [2.45, 2.75) is 30.2 Å². The van der Waals surface area contributed by atoms with Crippen LogP contribution in [-0.2, 0) is 10.0 Å². The zero-order valence-corrected chi connectivity index (χ0v) is 13.1. The number of rotatable bonds is 5. The SMILES string of the molecule is Cc1c(Br)cc(S(=O)(=O)NC2(CO)CC2)cc1C(=O)O. The molecule has 0 spiro atoms. The largest absolute Gasteiger partial charge is 0.478 e. The lowest BCUT2D eigenvalue weighted by atomic mass is 10.1. The summed E-state index contributed by atoms with van der Waals surface area (Å²) in [6.45, 7) is 1.32. The number of sulfonamides is 1. The molecular weight excluding hydrogens is 350 g/mol. The quantitative estimate of drug-likeness (QED) is 0.730. The Kier molecular flexibility index (Phi) is 3.94. The number of halogens is 1. The maximum atomic E-state index is 12.2. The molecule has 6 nitrogen and oxygen atoms in total. The summed E-state index contributed by atoms with van der Waals surface area (Å²) in [6.07, 6.45) is 1.14. The number of hydrogen-bond acceptors (Lipinski definition) is 4. The fourth-order valence-electron chi connectivity index (χ4n) is 1.82. The number of aliphatic hydroxyl groups is 1. The van der Waals surface area contributed by atoms with Crippen molar-refractivity contribution in [1.82, 2.24) is 4.72 Å².